The Balaban J connectivity index is 1.78. The molecule has 4 heterocycles. The largest absolute Gasteiger partial charge is 0.397 e. The fourth-order valence-corrected chi connectivity index (χ4v) is 10.2. The highest BCUT2D eigenvalue weighted by atomic mass is 32.3. The number of methoxy groups -OCH3 is 9. The predicted octanol–water partition coefficient (Wildman–Crippen LogP) is -4.73. The summed E-state index contributed by atoms with van der Waals surface area (Å²) in [6.45, 7) is -4.47. The summed E-state index contributed by atoms with van der Waals surface area (Å²) in [5, 5.41) is 0. The van der Waals surface area contributed by atoms with Crippen LogP contribution in [0.1, 0.15) is 0 Å². The molecule has 41 heteroatoms. The minimum Gasteiger partial charge on any atom is -0.376 e. The number of hydrogen-bond donors (Lipinski definition) is 5. The summed E-state index contributed by atoms with van der Waals surface area (Å²) in [4.78, 5) is 0. The Kier molecular flexibility index (Phi) is 24.4. The van der Waals surface area contributed by atoms with Gasteiger partial charge in [-0.05, 0) is 0 Å². The van der Waals surface area contributed by atoms with Crippen molar-refractivity contribution in [1.82, 2.24) is 0 Å². The van der Waals surface area contributed by atoms with E-state index in [-0.39, 0.29) is 0 Å². The van der Waals surface area contributed by atoms with Crippen molar-refractivity contribution in [3.05, 3.63) is 0 Å². The SMILES string of the molecule is COC1C(OC)[C@H](O[C@H]2OC(COS(=O)(=O)O)[C@@H](OS(=O)(=O)O)C(OC)C2OC)C(COS(=O)(=O)O)O[C@@H]1O[C@@H]1C(COS(=O)(=O)O)O[C@H](O[C@@H]2C(COS(=O)(=O)O)O[C@H](OC)C(OC)C2OC)C(OC)C1OC. The van der Waals surface area contributed by atoms with Crippen LogP contribution in [0.2, 0.25) is 0 Å². The molecule has 0 aromatic carbocycles. The molecular formula is C33H60O36S5. The zero-order valence-electron chi connectivity index (χ0n) is 40.3. The molecule has 0 aliphatic carbocycles. The van der Waals surface area contributed by atoms with Gasteiger partial charge in [0.15, 0.2) is 25.2 Å². The van der Waals surface area contributed by atoms with E-state index in [1.807, 2.05) is 0 Å². The molecule has 20 atom stereocenters. The summed E-state index contributed by atoms with van der Waals surface area (Å²) in [5.41, 5.74) is 0. The molecule has 0 aromatic rings. The van der Waals surface area contributed by atoms with E-state index in [1.54, 1.807) is 0 Å². The van der Waals surface area contributed by atoms with E-state index < -0.39 is 201 Å². The molecule has 0 saturated carbocycles. The molecule has 4 aliphatic rings. The zero-order valence-corrected chi connectivity index (χ0v) is 44.4. The summed E-state index contributed by atoms with van der Waals surface area (Å²) < 4.78 is 282. The molecule has 4 saturated heterocycles. The smallest absolute Gasteiger partial charge is 0.376 e. The first-order chi connectivity index (χ1) is 34.4. The minimum atomic E-state index is -5.38. The lowest BCUT2D eigenvalue weighted by atomic mass is 9.95. The molecule has 12 unspecified atom stereocenters. The van der Waals surface area contributed by atoms with Crippen LogP contribution in [0.15, 0.2) is 0 Å². The maximum atomic E-state index is 12.0. The van der Waals surface area contributed by atoms with Gasteiger partial charge in [-0.1, -0.05) is 0 Å². The topological polar surface area (TPSA) is 466 Å². The van der Waals surface area contributed by atoms with Crippen molar-refractivity contribution in [2.45, 2.75) is 123 Å². The number of hydrogen-bond acceptors (Lipinski definition) is 31. The van der Waals surface area contributed by atoms with E-state index in [0.717, 1.165) is 42.7 Å². The quantitative estimate of drug-likeness (QED) is 0.0439. The molecule has 4 aliphatic heterocycles. The maximum absolute atomic E-state index is 12.0. The lowest BCUT2D eigenvalue weighted by Gasteiger charge is -2.51. The van der Waals surface area contributed by atoms with E-state index in [1.165, 1.54) is 21.3 Å². The Bertz CT molecular complexity index is 2310. The molecule has 0 spiro atoms. The van der Waals surface area contributed by atoms with Gasteiger partial charge in [-0.15, -0.1) is 0 Å². The molecular weight excluding hydrogens is 1130 g/mol. The van der Waals surface area contributed by atoms with Crippen molar-refractivity contribution in [2.24, 2.45) is 0 Å². The molecule has 4 rings (SSSR count). The van der Waals surface area contributed by atoms with Crippen molar-refractivity contribution in [2.75, 3.05) is 90.4 Å². The van der Waals surface area contributed by atoms with Crippen LogP contribution >= 0.6 is 0 Å². The van der Waals surface area contributed by atoms with E-state index >= 15 is 0 Å². The van der Waals surface area contributed by atoms with Crippen LogP contribution in [0.4, 0.5) is 0 Å². The third-order valence-corrected chi connectivity index (χ3v) is 13.6. The molecule has 0 amide bonds. The van der Waals surface area contributed by atoms with Gasteiger partial charge in [-0.25, -0.2) is 20.9 Å². The third-order valence-electron chi connectivity index (χ3n) is 11.4. The highest BCUT2D eigenvalue weighted by Crippen LogP contribution is 2.39. The van der Waals surface area contributed by atoms with E-state index in [2.05, 4.69) is 12.5 Å². The van der Waals surface area contributed by atoms with Gasteiger partial charge in [0.2, 0.25) is 0 Å². The molecule has 438 valence electrons. The molecule has 36 nitrogen and oxygen atoms in total. The summed E-state index contributed by atoms with van der Waals surface area (Å²) in [7, 11) is -16.2. The van der Waals surface area contributed by atoms with Gasteiger partial charge in [0.05, 0.1) is 26.4 Å². The fraction of sp³-hybridized carbons (Fsp3) is 1.00. The van der Waals surface area contributed by atoms with Crippen LogP contribution in [0.3, 0.4) is 0 Å². The molecule has 0 aromatic heterocycles. The van der Waals surface area contributed by atoms with Crippen molar-refractivity contribution >= 4 is 52.0 Å². The van der Waals surface area contributed by atoms with Gasteiger partial charge in [0.1, 0.15) is 97.7 Å². The first-order valence-corrected chi connectivity index (χ1v) is 27.7. The average Bonchev–Trinajstić information content (AvgIpc) is 3.30. The van der Waals surface area contributed by atoms with Gasteiger partial charge in [0, 0.05) is 64.0 Å². The standard InChI is InChI=1S/C33H60O36S5/c1-49-22-18(14(10-58-70(34,35)36)62-30(57-9)26(22)53-5)66-31-27(54-6)23(50-2)19(15(63-31)11-59-71(37,38)39)67-32-28(55-7)24(51-3)20(16(64-32)12-60-72(40,41)42)68-33-29(56-8)25(52-4)21(69-74(46,47)48)17(65-33)13-61-73(43,44)45/h14-33H,10-13H2,1-9H3,(H,34,35,36)(H,37,38,39)(H,40,41,42)(H,43,44,45)(H,46,47,48)/t14?,15?,16?,17?,18-,19-,20-,21-,22?,23?,24?,25?,26?,27?,28?,29?,30+,31-,32-,33-/m1/s1. The van der Waals surface area contributed by atoms with Crippen molar-refractivity contribution < 1.29 is 162 Å². The molecule has 4 fully saturated rings. The first kappa shape index (κ1) is 65.2. The molecule has 5 N–H and O–H groups in total. The second-order valence-corrected chi connectivity index (χ2v) is 21.1. The van der Waals surface area contributed by atoms with Gasteiger partial charge < -0.3 is 75.8 Å². The van der Waals surface area contributed by atoms with E-state index in [0.29, 0.717) is 0 Å². The molecule has 74 heavy (non-hydrogen) atoms. The lowest BCUT2D eigenvalue weighted by Crippen LogP contribution is -2.68. The van der Waals surface area contributed by atoms with Gasteiger partial charge in [0.25, 0.3) is 0 Å². The van der Waals surface area contributed by atoms with Gasteiger partial charge in [-0.3, -0.25) is 22.8 Å². The highest BCUT2D eigenvalue weighted by Gasteiger charge is 2.58. The Morgan fingerprint density at radius 3 is 0.716 bits per heavy atom. The zero-order chi connectivity index (χ0) is 55.7. The van der Waals surface area contributed by atoms with Crippen molar-refractivity contribution in [3.63, 3.8) is 0 Å². The fourth-order valence-electron chi connectivity index (χ4n) is 8.46. The minimum absolute atomic E-state index is 0.929. The van der Waals surface area contributed by atoms with E-state index in [4.69, 9.17) is 84.2 Å². The molecule has 0 bridgehead atoms. The van der Waals surface area contributed by atoms with Crippen LogP contribution in [0, 0.1) is 0 Å². The highest BCUT2D eigenvalue weighted by molar-refractivity contribution is 7.81. The number of ether oxygens (including phenoxy) is 16. The van der Waals surface area contributed by atoms with Crippen molar-refractivity contribution in [3.8, 4) is 0 Å². The maximum Gasteiger partial charge on any atom is 0.397 e. The Labute approximate surface area is 425 Å². The second kappa shape index (κ2) is 27.7. The second-order valence-electron chi connectivity index (χ2n) is 15.6. The average molecular weight is 1190 g/mol. The molecule has 0 radical (unpaired) electrons. The number of rotatable bonds is 29. The first-order valence-electron chi connectivity index (χ1n) is 20.9. The lowest BCUT2D eigenvalue weighted by molar-refractivity contribution is -0.392. The summed E-state index contributed by atoms with van der Waals surface area (Å²) >= 11 is 0. The van der Waals surface area contributed by atoms with Gasteiger partial charge in [-0.2, -0.15) is 42.1 Å². The van der Waals surface area contributed by atoms with Crippen LogP contribution in [-0.2, 0) is 149 Å². The summed E-state index contributed by atoms with van der Waals surface area (Å²) in [5.74, 6) is 0. The Morgan fingerprint density at radius 1 is 0.284 bits per heavy atom. The van der Waals surface area contributed by atoms with Gasteiger partial charge >= 0.3 is 52.0 Å². The predicted molar refractivity (Wildman–Crippen MR) is 229 cm³/mol. The van der Waals surface area contributed by atoms with Crippen LogP contribution in [-0.4, -0.2) is 278 Å². The van der Waals surface area contributed by atoms with Crippen LogP contribution in [0.25, 0.3) is 0 Å². The Morgan fingerprint density at radius 2 is 0.500 bits per heavy atom. The van der Waals surface area contributed by atoms with E-state index in [9.17, 15) is 64.9 Å². The monoisotopic (exact) mass is 1190 g/mol. The summed E-state index contributed by atoms with van der Waals surface area (Å²) in [6, 6.07) is 0. The van der Waals surface area contributed by atoms with Crippen LogP contribution < -0.4 is 0 Å². The van der Waals surface area contributed by atoms with Crippen molar-refractivity contribution in [1.29, 1.82) is 0 Å². The third kappa shape index (κ3) is 18.1. The Hall–Kier alpha value is -1.29. The summed E-state index contributed by atoms with van der Waals surface area (Å²) in [6.07, 6.45) is -32.8. The normalized spacial score (nSPS) is 38.0. The van der Waals surface area contributed by atoms with Crippen LogP contribution in [0.5, 0.6) is 0 Å².